The molecule has 1 N–H and O–H groups in total. The Labute approximate surface area is 97.6 Å². The summed E-state index contributed by atoms with van der Waals surface area (Å²) < 4.78 is 5.33. The van der Waals surface area contributed by atoms with Crippen LogP contribution in [-0.2, 0) is 4.74 Å². The average Bonchev–Trinajstić information content (AvgIpc) is 2.15. The maximum Gasteiger partial charge on any atom is 0.410 e. The molecule has 1 fully saturated rings. The minimum atomic E-state index is -0.493. The normalized spacial score (nSPS) is 24.1. The lowest BCUT2D eigenvalue weighted by molar-refractivity contribution is -0.0125. The van der Waals surface area contributed by atoms with Gasteiger partial charge < -0.3 is 14.7 Å². The third-order valence-corrected chi connectivity index (χ3v) is 2.73. The van der Waals surface area contributed by atoms with Gasteiger partial charge in [-0.3, -0.25) is 0 Å². The fourth-order valence-electron chi connectivity index (χ4n) is 2.01. The van der Waals surface area contributed by atoms with Crippen LogP contribution in [0.3, 0.4) is 0 Å². The quantitative estimate of drug-likeness (QED) is 0.749. The minimum Gasteiger partial charge on any atom is -0.444 e. The minimum absolute atomic E-state index is 0.0939. The van der Waals surface area contributed by atoms with E-state index in [-0.39, 0.29) is 12.1 Å². The first-order valence-electron chi connectivity index (χ1n) is 5.99. The van der Waals surface area contributed by atoms with Gasteiger partial charge in [0.1, 0.15) is 5.60 Å². The number of carbonyl (C=O) groups is 1. The van der Waals surface area contributed by atoms with Gasteiger partial charge in [-0.1, -0.05) is 0 Å². The fourth-order valence-corrected chi connectivity index (χ4v) is 2.01. The van der Waals surface area contributed by atoms with Crippen molar-refractivity contribution in [1.82, 2.24) is 4.90 Å². The van der Waals surface area contributed by atoms with E-state index in [1.54, 1.807) is 11.8 Å². The van der Waals surface area contributed by atoms with Gasteiger partial charge in [-0.05, 0) is 47.0 Å². The number of carbonyl (C=O) groups excluding carboxylic acids is 1. The molecule has 4 nitrogen and oxygen atoms in total. The molecule has 1 amide bonds. The molecule has 0 bridgehead atoms. The summed E-state index contributed by atoms with van der Waals surface area (Å²) in [5, 5.41) is 9.65. The highest BCUT2D eigenvalue weighted by Crippen LogP contribution is 2.22. The number of rotatable bonds is 1. The van der Waals surface area contributed by atoms with E-state index in [4.69, 9.17) is 4.74 Å². The molecule has 0 radical (unpaired) electrons. The number of hydrogen-bond acceptors (Lipinski definition) is 3. The molecule has 0 unspecified atom stereocenters. The maximum atomic E-state index is 11.9. The molecule has 0 spiro atoms. The SMILES string of the molecule is C[C@H](O)[C@@H]1CCCCN1C(=O)OC(C)(C)C. The smallest absolute Gasteiger partial charge is 0.410 e. The Kier molecular flexibility index (Phi) is 4.19. The van der Waals surface area contributed by atoms with Crippen LogP contribution >= 0.6 is 0 Å². The molecule has 1 rings (SSSR count). The molecule has 4 heteroatoms. The number of hydrogen-bond donors (Lipinski definition) is 1. The summed E-state index contributed by atoms with van der Waals surface area (Å²) in [5.41, 5.74) is -0.474. The second-order valence-electron chi connectivity index (χ2n) is 5.48. The third-order valence-electron chi connectivity index (χ3n) is 2.73. The van der Waals surface area contributed by atoms with Crippen LogP contribution in [0.2, 0.25) is 0 Å². The van der Waals surface area contributed by atoms with E-state index in [0.717, 1.165) is 19.3 Å². The van der Waals surface area contributed by atoms with Crippen LogP contribution < -0.4 is 0 Å². The lowest BCUT2D eigenvalue weighted by Gasteiger charge is -2.38. The standard InChI is InChI=1S/C12H23NO3/c1-9(14)10-7-5-6-8-13(10)11(15)16-12(2,3)4/h9-10,14H,5-8H2,1-4H3/t9-,10-/m0/s1. The molecule has 1 aliphatic heterocycles. The van der Waals surface area contributed by atoms with Crippen LogP contribution in [0.15, 0.2) is 0 Å². The Morgan fingerprint density at radius 3 is 2.56 bits per heavy atom. The monoisotopic (exact) mass is 229 g/mol. The molecule has 0 aromatic heterocycles. The molecule has 0 aromatic carbocycles. The molecule has 1 heterocycles. The predicted molar refractivity (Wildman–Crippen MR) is 62.3 cm³/mol. The molecule has 94 valence electrons. The molecule has 1 saturated heterocycles. The topological polar surface area (TPSA) is 49.8 Å². The molecule has 0 aliphatic carbocycles. The largest absolute Gasteiger partial charge is 0.444 e. The van der Waals surface area contributed by atoms with Crippen molar-refractivity contribution < 1.29 is 14.6 Å². The zero-order chi connectivity index (χ0) is 12.3. The van der Waals surface area contributed by atoms with Gasteiger partial charge in [0.05, 0.1) is 12.1 Å². The lowest BCUT2D eigenvalue weighted by Crippen LogP contribution is -2.50. The Bertz CT molecular complexity index is 245. The summed E-state index contributed by atoms with van der Waals surface area (Å²) in [7, 11) is 0. The number of ether oxygens (including phenoxy) is 1. The van der Waals surface area contributed by atoms with Crippen LogP contribution in [-0.4, -0.2) is 40.4 Å². The molecule has 0 aromatic rings. The van der Waals surface area contributed by atoms with Gasteiger partial charge in [-0.15, -0.1) is 0 Å². The van der Waals surface area contributed by atoms with E-state index in [9.17, 15) is 9.90 Å². The summed E-state index contributed by atoms with van der Waals surface area (Å²) in [6.45, 7) is 7.97. The first kappa shape index (κ1) is 13.3. The van der Waals surface area contributed by atoms with Crippen LogP contribution in [0.25, 0.3) is 0 Å². The van der Waals surface area contributed by atoms with Gasteiger partial charge >= 0.3 is 6.09 Å². The Morgan fingerprint density at radius 1 is 1.44 bits per heavy atom. The van der Waals surface area contributed by atoms with E-state index in [2.05, 4.69) is 0 Å². The highest BCUT2D eigenvalue weighted by atomic mass is 16.6. The van der Waals surface area contributed by atoms with Crippen molar-refractivity contribution in [2.75, 3.05) is 6.54 Å². The van der Waals surface area contributed by atoms with Crippen molar-refractivity contribution in [2.24, 2.45) is 0 Å². The summed E-state index contributed by atoms with van der Waals surface area (Å²) in [4.78, 5) is 13.6. The van der Waals surface area contributed by atoms with Gasteiger partial charge in [0.25, 0.3) is 0 Å². The Morgan fingerprint density at radius 2 is 2.06 bits per heavy atom. The number of amides is 1. The molecular weight excluding hydrogens is 206 g/mol. The van der Waals surface area contributed by atoms with Crippen molar-refractivity contribution in [1.29, 1.82) is 0 Å². The zero-order valence-electron chi connectivity index (χ0n) is 10.7. The van der Waals surface area contributed by atoms with Crippen LogP contribution in [0.4, 0.5) is 4.79 Å². The van der Waals surface area contributed by atoms with Gasteiger partial charge in [0, 0.05) is 6.54 Å². The molecule has 16 heavy (non-hydrogen) atoms. The molecule has 2 atom stereocenters. The van der Waals surface area contributed by atoms with Gasteiger partial charge in [0.15, 0.2) is 0 Å². The summed E-state index contributed by atoms with van der Waals surface area (Å²) >= 11 is 0. The molecule has 0 saturated carbocycles. The van der Waals surface area contributed by atoms with Gasteiger partial charge in [-0.2, -0.15) is 0 Å². The first-order valence-corrected chi connectivity index (χ1v) is 5.99. The van der Waals surface area contributed by atoms with Crippen molar-refractivity contribution in [3.05, 3.63) is 0 Å². The van der Waals surface area contributed by atoms with Crippen LogP contribution in [0.1, 0.15) is 47.0 Å². The first-order chi connectivity index (χ1) is 7.31. The summed E-state index contributed by atoms with van der Waals surface area (Å²) in [5.74, 6) is 0. The predicted octanol–water partition coefficient (Wildman–Crippen LogP) is 2.16. The highest BCUT2D eigenvalue weighted by molar-refractivity contribution is 5.68. The number of piperidine rings is 1. The summed E-state index contributed by atoms with van der Waals surface area (Å²) in [6.07, 6.45) is 2.11. The van der Waals surface area contributed by atoms with Crippen LogP contribution in [0, 0.1) is 0 Å². The van der Waals surface area contributed by atoms with Crippen LogP contribution in [0.5, 0.6) is 0 Å². The Hall–Kier alpha value is -0.770. The number of likely N-dealkylation sites (tertiary alicyclic amines) is 1. The van der Waals surface area contributed by atoms with Crippen molar-refractivity contribution in [3.8, 4) is 0 Å². The molecular formula is C12H23NO3. The number of aliphatic hydroxyl groups is 1. The van der Waals surface area contributed by atoms with Crippen molar-refractivity contribution in [3.63, 3.8) is 0 Å². The maximum absolute atomic E-state index is 11.9. The fraction of sp³-hybridized carbons (Fsp3) is 0.917. The average molecular weight is 229 g/mol. The number of nitrogens with zero attached hydrogens (tertiary/aromatic N) is 1. The van der Waals surface area contributed by atoms with E-state index < -0.39 is 11.7 Å². The lowest BCUT2D eigenvalue weighted by atomic mass is 9.99. The van der Waals surface area contributed by atoms with E-state index in [1.165, 1.54) is 0 Å². The highest BCUT2D eigenvalue weighted by Gasteiger charge is 2.32. The van der Waals surface area contributed by atoms with Crippen molar-refractivity contribution in [2.45, 2.75) is 64.7 Å². The second kappa shape index (κ2) is 5.04. The van der Waals surface area contributed by atoms with Crippen molar-refractivity contribution >= 4 is 6.09 Å². The van der Waals surface area contributed by atoms with Gasteiger partial charge in [0.2, 0.25) is 0 Å². The second-order valence-corrected chi connectivity index (χ2v) is 5.48. The number of aliphatic hydroxyl groups excluding tert-OH is 1. The van der Waals surface area contributed by atoms with E-state index in [1.807, 2.05) is 20.8 Å². The van der Waals surface area contributed by atoms with E-state index >= 15 is 0 Å². The van der Waals surface area contributed by atoms with E-state index in [0.29, 0.717) is 6.54 Å². The Balaban J connectivity index is 2.64. The van der Waals surface area contributed by atoms with Gasteiger partial charge in [-0.25, -0.2) is 4.79 Å². The zero-order valence-corrected chi connectivity index (χ0v) is 10.7. The third kappa shape index (κ3) is 3.67. The summed E-state index contributed by atoms with van der Waals surface area (Å²) in [6, 6.07) is -0.0939. The molecule has 1 aliphatic rings.